The predicted octanol–water partition coefficient (Wildman–Crippen LogP) is 9.55. The van der Waals surface area contributed by atoms with Gasteiger partial charge in [0.05, 0.1) is 0 Å². The third-order valence-corrected chi connectivity index (χ3v) is 5.08. The molecule has 0 heterocycles. The van der Waals surface area contributed by atoms with Crippen LogP contribution in [-0.2, 0) is 0 Å². The van der Waals surface area contributed by atoms with Gasteiger partial charge in [0.15, 0.2) is 0 Å². The lowest BCUT2D eigenvalue weighted by atomic mass is 10.0. The van der Waals surface area contributed by atoms with E-state index in [0.29, 0.717) is 0 Å². The van der Waals surface area contributed by atoms with E-state index in [-0.39, 0.29) is 0 Å². The number of rotatable bonds is 20. The van der Waals surface area contributed by atoms with Gasteiger partial charge in [-0.25, -0.2) is 0 Å². The van der Waals surface area contributed by atoms with Crippen molar-refractivity contribution in [2.45, 2.75) is 136 Å². The largest absolute Gasteiger partial charge is 0.0845 e. The Labute approximate surface area is 160 Å². The Bertz CT molecular complexity index is 274. The maximum atomic E-state index is 2.35. The molecule has 0 aliphatic carbocycles. The van der Waals surface area contributed by atoms with E-state index in [2.05, 4.69) is 38.2 Å². The van der Waals surface area contributed by atoms with Crippen molar-refractivity contribution in [3.05, 3.63) is 24.3 Å². The standard InChI is InChI=1S/C25H48/c1-3-5-7-9-11-13-15-17-19-21-23-25-24-22-20-18-16-14-12-10-8-6-4-2/h13,15,17,19H,3-12,14,16,18,20-25H2,1-2H3/b15-13-,19-17-. The maximum absolute atomic E-state index is 2.35. The summed E-state index contributed by atoms with van der Waals surface area (Å²) in [6.45, 7) is 4.57. The molecule has 0 rings (SSSR count). The SMILES string of the molecule is CCCCCC/C=C\C=C/CCCCCCCCCCCCCCC. The predicted molar refractivity (Wildman–Crippen MR) is 117 cm³/mol. The van der Waals surface area contributed by atoms with E-state index in [4.69, 9.17) is 0 Å². The second-order valence-electron chi connectivity index (χ2n) is 7.74. The van der Waals surface area contributed by atoms with Crippen LogP contribution in [0.3, 0.4) is 0 Å². The van der Waals surface area contributed by atoms with Crippen molar-refractivity contribution in [2.24, 2.45) is 0 Å². The van der Waals surface area contributed by atoms with Crippen LogP contribution in [0.5, 0.6) is 0 Å². The van der Waals surface area contributed by atoms with E-state index >= 15 is 0 Å². The smallest absolute Gasteiger partial charge is 0.0348 e. The fourth-order valence-electron chi connectivity index (χ4n) is 3.32. The topological polar surface area (TPSA) is 0 Å². The lowest BCUT2D eigenvalue weighted by Gasteiger charge is -2.02. The number of hydrogen-bond donors (Lipinski definition) is 0. The molecular weight excluding hydrogens is 300 g/mol. The van der Waals surface area contributed by atoms with Gasteiger partial charge in [-0.1, -0.05) is 134 Å². The molecule has 0 aliphatic rings. The second kappa shape index (κ2) is 23.5. The summed E-state index contributed by atoms with van der Waals surface area (Å²) in [5.41, 5.74) is 0. The van der Waals surface area contributed by atoms with Gasteiger partial charge in [-0.05, 0) is 25.7 Å². The molecule has 0 heteroatoms. The molecule has 0 unspecified atom stereocenters. The monoisotopic (exact) mass is 348 g/mol. The summed E-state index contributed by atoms with van der Waals surface area (Å²) in [4.78, 5) is 0. The molecule has 0 spiro atoms. The summed E-state index contributed by atoms with van der Waals surface area (Å²) in [6.07, 6.45) is 35.9. The first-order chi connectivity index (χ1) is 12.4. The molecule has 25 heavy (non-hydrogen) atoms. The Morgan fingerprint density at radius 2 is 0.640 bits per heavy atom. The van der Waals surface area contributed by atoms with Gasteiger partial charge in [0.25, 0.3) is 0 Å². The second-order valence-corrected chi connectivity index (χ2v) is 7.74. The molecule has 0 nitrogen and oxygen atoms in total. The van der Waals surface area contributed by atoms with Crippen molar-refractivity contribution < 1.29 is 0 Å². The Hall–Kier alpha value is -0.520. The molecule has 0 aliphatic heterocycles. The molecule has 0 aromatic carbocycles. The van der Waals surface area contributed by atoms with Gasteiger partial charge in [-0.3, -0.25) is 0 Å². The quantitative estimate of drug-likeness (QED) is 0.152. The zero-order valence-electron chi connectivity index (χ0n) is 17.7. The molecule has 0 N–H and O–H groups in total. The molecule has 0 aromatic rings. The Morgan fingerprint density at radius 1 is 0.360 bits per heavy atom. The van der Waals surface area contributed by atoms with Gasteiger partial charge in [0.1, 0.15) is 0 Å². The van der Waals surface area contributed by atoms with Gasteiger partial charge in [0.2, 0.25) is 0 Å². The highest BCUT2D eigenvalue weighted by atomic mass is 14.0. The van der Waals surface area contributed by atoms with E-state index in [0.717, 1.165) is 0 Å². The summed E-state index contributed by atoms with van der Waals surface area (Å²) in [7, 11) is 0. The van der Waals surface area contributed by atoms with Gasteiger partial charge in [0, 0.05) is 0 Å². The van der Waals surface area contributed by atoms with E-state index in [1.807, 2.05) is 0 Å². The highest BCUT2D eigenvalue weighted by Gasteiger charge is 1.93. The van der Waals surface area contributed by atoms with Crippen molar-refractivity contribution in [2.75, 3.05) is 0 Å². The normalized spacial score (nSPS) is 11.9. The van der Waals surface area contributed by atoms with Crippen LogP contribution in [0.1, 0.15) is 136 Å². The highest BCUT2D eigenvalue weighted by Crippen LogP contribution is 2.13. The summed E-state index contributed by atoms with van der Waals surface area (Å²) >= 11 is 0. The van der Waals surface area contributed by atoms with Crippen LogP contribution >= 0.6 is 0 Å². The minimum absolute atomic E-state index is 1.25. The van der Waals surface area contributed by atoms with Crippen LogP contribution in [0.25, 0.3) is 0 Å². The molecule has 0 radical (unpaired) electrons. The minimum atomic E-state index is 1.25. The number of allylic oxidation sites excluding steroid dienone is 4. The third kappa shape index (κ3) is 23.5. The van der Waals surface area contributed by atoms with E-state index in [1.165, 1.54) is 122 Å². The van der Waals surface area contributed by atoms with Crippen molar-refractivity contribution in [3.63, 3.8) is 0 Å². The molecule has 0 amide bonds. The highest BCUT2D eigenvalue weighted by molar-refractivity contribution is 5.02. The van der Waals surface area contributed by atoms with Crippen molar-refractivity contribution in [3.8, 4) is 0 Å². The average Bonchev–Trinajstić information content (AvgIpc) is 2.63. The first-order valence-corrected chi connectivity index (χ1v) is 11.7. The van der Waals surface area contributed by atoms with Crippen molar-refractivity contribution in [1.82, 2.24) is 0 Å². The minimum Gasteiger partial charge on any atom is -0.0845 e. The average molecular weight is 349 g/mol. The van der Waals surface area contributed by atoms with Gasteiger partial charge in [-0.2, -0.15) is 0 Å². The molecule has 0 aromatic heterocycles. The molecule has 0 bridgehead atoms. The summed E-state index contributed by atoms with van der Waals surface area (Å²) < 4.78 is 0. The number of unbranched alkanes of at least 4 members (excludes halogenated alkanes) is 17. The summed E-state index contributed by atoms with van der Waals surface area (Å²) in [5, 5.41) is 0. The maximum Gasteiger partial charge on any atom is -0.0348 e. The van der Waals surface area contributed by atoms with E-state index < -0.39 is 0 Å². The van der Waals surface area contributed by atoms with E-state index in [1.54, 1.807) is 0 Å². The van der Waals surface area contributed by atoms with Crippen LogP contribution in [0.2, 0.25) is 0 Å². The zero-order valence-corrected chi connectivity index (χ0v) is 17.7. The molecular formula is C25H48. The lowest BCUT2D eigenvalue weighted by molar-refractivity contribution is 0.540. The van der Waals surface area contributed by atoms with Crippen molar-refractivity contribution in [1.29, 1.82) is 0 Å². The number of hydrogen-bond acceptors (Lipinski definition) is 0. The Balaban J connectivity index is 3.11. The van der Waals surface area contributed by atoms with Gasteiger partial charge >= 0.3 is 0 Å². The van der Waals surface area contributed by atoms with E-state index in [9.17, 15) is 0 Å². The molecule has 0 fully saturated rings. The van der Waals surface area contributed by atoms with Crippen LogP contribution in [-0.4, -0.2) is 0 Å². The zero-order chi connectivity index (χ0) is 18.3. The van der Waals surface area contributed by atoms with Crippen LogP contribution in [0.15, 0.2) is 24.3 Å². The van der Waals surface area contributed by atoms with Crippen LogP contribution < -0.4 is 0 Å². The fourth-order valence-corrected chi connectivity index (χ4v) is 3.32. The molecule has 0 atom stereocenters. The summed E-state index contributed by atoms with van der Waals surface area (Å²) in [6, 6.07) is 0. The Morgan fingerprint density at radius 3 is 1.00 bits per heavy atom. The molecule has 0 saturated carbocycles. The van der Waals surface area contributed by atoms with Gasteiger partial charge < -0.3 is 0 Å². The van der Waals surface area contributed by atoms with Gasteiger partial charge in [-0.15, -0.1) is 0 Å². The van der Waals surface area contributed by atoms with Crippen LogP contribution in [0.4, 0.5) is 0 Å². The molecule has 0 saturated heterocycles. The molecule has 148 valence electrons. The first kappa shape index (κ1) is 24.5. The Kier molecular flexibility index (Phi) is 23.0. The fraction of sp³-hybridized carbons (Fsp3) is 0.840. The first-order valence-electron chi connectivity index (χ1n) is 11.7. The lowest BCUT2D eigenvalue weighted by Crippen LogP contribution is -1.82. The summed E-state index contributed by atoms with van der Waals surface area (Å²) in [5.74, 6) is 0. The van der Waals surface area contributed by atoms with Crippen molar-refractivity contribution >= 4 is 0 Å². The van der Waals surface area contributed by atoms with Crippen LogP contribution in [0, 0.1) is 0 Å². The third-order valence-electron chi connectivity index (χ3n) is 5.08.